The second-order valence-electron chi connectivity index (χ2n) is 5.84. The quantitative estimate of drug-likeness (QED) is 0.925. The van der Waals surface area contributed by atoms with Gasteiger partial charge in [-0.25, -0.2) is 0 Å². The number of likely N-dealkylation sites (N-methyl/N-ethyl adjacent to an activating group) is 1. The first-order chi connectivity index (χ1) is 9.83. The van der Waals surface area contributed by atoms with Crippen molar-refractivity contribution in [2.45, 2.75) is 31.8 Å². The van der Waals surface area contributed by atoms with Gasteiger partial charge in [-0.3, -0.25) is 4.98 Å². The summed E-state index contributed by atoms with van der Waals surface area (Å²) in [5.41, 5.74) is 2.46. The highest BCUT2D eigenvalue weighted by Gasteiger charge is 2.15. The van der Waals surface area contributed by atoms with Crippen molar-refractivity contribution in [3.05, 3.63) is 42.1 Å². The molecule has 1 unspecified atom stereocenters. The summed E-state index contributed by atoms with van der Waals surface area (Å²) in [7, 11) is 2.21. The van der Waals surface area contributed by atoms with Crippen LogP contribution in [0.1, 0.15) is 24.8 Å². The van der Waals surface area contributed by atoms with E-state index in [2.05, 4.69) is 46.5 Å². The third-order valence-corrected chi connectivity index (χ3v) is 4.10. The van der Waals surface area contributed by atoms with Gasteiger partial charge in [0.2, 0.25) is 0 Å². The maximum atomic E-state index is 4.54. The number of nitrogens with zero attached hydrogens (tertiary/aromatic N) is 2. The molecule has 106 valence electrons. The van der Waals surface area contributed by atoms with Gasteiger partial charge in [0.1, 0.15) is 0 Å². The number of benzene rings is 1. The van der Waals surface area contributed by atoms with Gasteiger partial charge in [-0.15, -0.1) is 0 Å². The fraction of sp³-hybridized carbons (Fsp3) is 0.471. The van der Waals surface area contributed by atoms with Gasteiger partial charge >= 0.3 is 0 Å². The molecule has 1 aromatic carbocycles. The minimum absolute atomic E-state index is 0.650. The van der Waals surface area contributed by atoms with Gasteiger partial charge < -0.3 is 10.2 Å². The SMILES string of the molecule is CN(Cc1cccc2cccnc12)CC1CCCCN1. The third kappa shape index (κ3) is 3.17. The molecule has 0 amide bonds. The van der Waals surface area contributed by atoms with Gasteiger partial charge in [0.05, 0.1) is 5.52 Å². The Labute approximate surface area is 121 Å². The van der Waals surface area contributed by atoms with Gasteiger partial charge in [0, 0.05) is 30.7 Å². The Morgan fingerprint density at radius 2 is 2.15 bits per heavy atom. The number of rotatable bonds is 4. The summed E-state index contributed by atoms with van der Waals surface area (Å²) < 4.78 is 0. The molecule has 1 atom stereocenters. The fourth-order valence-electron chi connectivity index (χ4n) is 3.11. The average molecular weight is 269 g/mol. The summed E-state index contributed by atoms with van der Waals surface area (Å²) in [6, 6.07) is 11.2. The summed E-state index contributed by atoms with van der Waals surface area (Å²) in [4.78, 5) is 6.95. The van der Waals surface area contributed by atoms with Crippen molar-refractivity contribution in [1.82, 2.24) is 15.2 Å². The first-order valence-corrected chi connectivity index (χ1v) is 7.57. The van der Waals surface area contributed by atoms with Gasteiger partial charge in [-0.1, -0.05) is 30.7 Å². The van der Waals surface area contributed by atoms with Gasteiger partial charge in [0.25, 0.3) is 0 Å². The first-order valence-electron chi connectivity index (χ1n) is 7.57. The molecule has 2 aromatic rings. The number of hydrogen-bond acceptors (Lipinski definition) is 3. The molecule has 0 radical (unpaired) electrons. The summed E-state index contributed by atoms with van der Waals surface area (Å²) in [6.45, 7) is 3.25. The Morgan fingerprint density at radius 1 is 1.25 bits per heavy atom. The molecule has 0 aliphatic carbocycles. The van der Waals surface area contributed by atoms with E-state index in [-0.39, 0.29) is 0 Å². The molecule has 0 saturated carbocycles. The number of fused-ring (bicyclic) bond motifs is 1. The molecule has 1 saturated heterocycles. The molecule has 0 bridgehead atoms. The monoisotopic (exact) mass is 269 g/mol. The molecule has 3 heteroatoms. The fourth-order valence-corrected chi connectivity index (χ4v) is 3.11. The number of piperidine rings is 1. The average Bonchev–Trinajstić information content (AvgIpc) is 2.48. The summed E-state index contributed by atoms with van der Waals surface area (Å²) >= 11 is 0. The third-order valence-electron chi connectivity index (χ3n) is 4.10. The van der Waals surface area contributed by atoms with Gasteiger partial charge in [-0.2, -0.15) is 0 Å². The van der Waals surface area contributed by atoms with E-state index in [1.165, 1.54) is 36.8 Å². The summed E-state index contributed by atoms with van der Waals surface area (Å²) in [6.07, 6.45) is 5.88. The van der Waals surface area contributed by atoms with E-state index >= 15 is 0 Å². The van der Waals surface area contributed by atoms with Crippen LogP contribution >= 0.6 is 0 Å². The second kappa shape index (κ2) is 6.33. The Balaban J connectivity index is 1.69. The van der Waals surface area contributed by atoms with Crippen molar-refractivity contribution in [1.29, 1.82) is 0 Å². The van der Waals surface area contributed by atoms with Crippen LogP contribution in [-0.2, 0) is 6.54 Å². The molecule has 1 fully saturated rings. The van der Waals surface area contributed by atoms with E-state index in [0.29, 0.717) is 6.04 Å². The van der Waals surface area contributed by atoms with Crippen LogP contribution in [0.25, 0.3) is 10.9 Å². The Hall–Kier alpha value is -1.45. The Bertz CT molecular complexity index is 556. The standard InChI is InChI=1S/C17H23N3/c1-20(13-16-9-2-3-10-18-16)12-15-7-4-6-14-8-5-11-19-17(14)15/h4-8,11,16,18H,2-3,9-10,12-13H2,1H3. The van der Waals surface area contributed by atoms with E-state index < -0.39 is 0 Å². The zero-order chi connectivity index (χ0) is 13.8. The molecule has 1 N–H and O–H groups in total. The number of hydrogen-bond donors (Lipinski definition) is 1. The van der Waals surface area contributed by atoms with Crippen molar-refractivity contribution >= 4 is 10.9 Å². The minimum atomic E-state index is 0.650. The summed E-state index contributed by atoms with van der Waals surface area (Å²) in [5, 5.41) is 4.85. The smallest absolute Gasteiger partial charge is 0.0746 e. The molecular formula is C17H23N3. The van der Waals surface area contributed by atoms with E-state index in [1.54, 1.807) is 0 Å². The van der Waals surface area contributed by atoms with Crippen molar-refractivity contribution < 1.29 is 0 Å². The lowest BCUT2D eigenvalue weighted by Crippen LogP contribution is -2.42. The molecular weight excluding hydrogens is 246 g/mol. The van der Waals surface area contributed by atoms with Crippen molar-refractivity contribution in [3.63, 3.8) is 0 Å². The van der Waals surface area contributed by atoms with Crippen LogP contribution in [0.15, 0.2) is 36.5 Å². The van der Waals surface area contributed by atoms with Crippen LogP contribution in [0.2, 0.25) is 0 Å². The van der Waals surface area contributed by atoms with Crippen LogP contribution in [0.5, 0.6) is 0 Å². The Morgan fingerprint density at radius 3 is 3.00 bits per heavy atom. The number of pyridine rings is 1. The van der Waals surface area contributed by atoms with Gasteiger partial charge in [-0.05, 0) is 38.1 Å². The van der Waals surface area contributed by atoms with Crippen LogP contribution in [0.3, 0.4) is 0 Å². The molecule has 1 aliphatic heterocycles. The second-order valence-corrected chi connectivity index (χ2v) is 5.84. The van der Waals surface area contributed by atoms with E-state index in [0.717, 1.165) is 18.6 Å². The van der Waals surface area contributed by atoms with E-state index in [4.69, 9.17) is 0 Å². The zero-order valence-electron chi connectivity index (χ0n) is 12.2. The van der Waals surface area contributed by atoms with Crippen LogP contribution in [0, 0.1) is 0 Å². The molecule has 1 aliphatic rings. The Kier molecular flexibility index (Phi) is 4.28. The van der Waals surface area contributed by atoms with Crippen LogP contribution in [0.4, 0.5) is 0 Å². The predicted octanol–water partition coefficient (Wildman–Crippen LogP) is 2.81. The molecule has 20 heavy (non-hydrogen) atoms. The predicted molar refractivity (Wildman–Crippen MR) is 83.7 cm³/mol. The lowest BCUT2D eigenvalue weighted by molar-refractivity contribution is 0.257. The highest BCUT2D eigenvalue weighted by Crippen LogP contribution is 2.18. The first kappa shape index (κ1) is 13.5. The van der Waals surface area contributed by atoms with Crippen LogP contribution in [-0.4, -0.2) is 36.1 Å². The highest BCUT2D eigenvalue weighted by atomic mass is 15.1. The van der Waals surface area contributed by atoms with Crippen molar-refractivity contribution in [2.24, 2.45) is 0 Å². The molecule has 3 rings (SSSR count). The molecule has 1 aromatic heterocycles. The topological polar surface area (TPSA) is 28.2 Å². The molecule has 2 heterocycles. The number of para-hydroxylation sites is 1. The summed E-state index contributed by atoms with van der Waals surface area (Å²) in [5.74, 6) is 0. The maximum absolute atomic E-state index is 4.54. The van der Waals surface area contributed by atoms with E-state index in [9.17, 15) is 0 Å². The lowest BCUT2D eigenvalue weighted by atomic mass is 10.0. The van der Waals surface area contributed by atoms with Crippen molar-refractivity contribution in [3.8, 4) is 0 Å². The molecule has 0 spiro atoms. The number of nitrogens with one attached hydrogen (secondary N) is 1. The maximum Gasteiger partial charge on any atom is 0.0746 e. The highest BCUT2D eigenvalue weighted by molar-refractivity contribution is 5.81. The minimum Gasteiger partial charge on any atom is -0.313 e. The molecule has 3 nitrogen and oxygen atoms in total. The largest absolute Gasteiger partial charge is 0.313 e. The van der Waals surface area contributed by atoms with Crippen LogP contribution < -0.4 is 5.32 Å². The van der Waals surface area contributed by atoms with Gasteiger partial charge in [0.15, 0.2) is 0 Å². The van der Waals surface area contributed by atoms with Crippen molar-refractivity contribution in [2.75, 3.05) is 20.1 Å². The normalized spacial score (nSPS) is 19.6. The zero-order valence-corrected chi connectivity index (χ0v) is 12.2. The van der Waals surface area contributed by atoms with E-state index in [1.807, 2.05) is 12.3 Å². The lowest BCUT2D eigenvalue weighted by Gasteiger charge is -2.28. The number of aromatic nitrogens is 1.